The predicted molar refractivity (Wildman–Crippen MR) is 111 cm³/mol. The van der Waals surface area contributed by atoms with E-state index >= 15 is 0 Å². The zero-order chi connectivity index (χ0) is 16.3. The summed E-state index contributed by atoms with van der Waals surface area (Å²) in [5.74, 6) is 1.64. The van der Waals surface area contributed by atoms with E-state index in [2.05, 4.69) is 40.4 Å². The summed E-state index contributed by atoms with van der Waals surface area (Å²) in [7, 11) is 1.75. The van der Waals surface area contributed by atoms with E-state index in [1.165, 1.54) is 5.56 Å². The Morgan fingerprint density at radius 3 is 2.54 bits per heavy atom. The van der Waals surface area contributed by atoms with E-state index in [9.17, 15) is 0 Å². The SMILES string of the molecule is C=CCNC(=NC)NCc1cccc(COc2ccccc2)c1.I. The number of hydrogen-bond donors (Lipinski definition) is 2. The van der Waals surface area contributed by atoms with Crippen molar-refractivity contribution in [3.63, 3.8) is 0 Å². The maximum atomic E-state index is 5.78. The van der Waals surface area contributed by atoms with Gasteiger partial charge in [-0.15, -0.1) is 30.6 Å². The first kappa shape index (κ1) is 20.0. The molecule has 2 rings (SSSR count). The summed E-state index contributed by atoms with van der Waals surface area (Å²) in [5.41, 5.74) is 2.32. The van der Waals surface area contributed by atoms with Gasteiger partial charge >= 0.3 is 0 Å². The fraction of sp³-hybridized carbons (Fsp3) is 0.211. The van der Waals surface area contributed by atoms with Gasteiger partial charge in [-0.2, -0.15) is 0 Å². The number of halogens is 1. The first-order chi connectivity index (χ1) is 11.3. The highest BCUT2D eigenvalue weighted by Gasteiger charge is 2.00. The summed E-state index contributed by atoms with van der Waals surface area (Å²) in [6.07, 6.45) is 1.80. The van der Waals surface area contributed by atoms with E-state index in [4.69, 9.17) is 4.74 Å². The van der Waals surface area contributed by atoms with Crippen molar-refractivity contribution in [1.82, 2.24) is 10.6 Å². The lowest BCUT2D eigenvalue weighted by atomic mass is 10.1. The van der Waals surface area contributed by atoms with Gasteiger partial charge in [0.1, 0.15) is 12.4 Å². The van der Waals surface area contributed by atoms with Crippen molar-refractivity contribution in [2.75, 3.05) is 13.6 Å². The van der Waals surface area contributed by atoms with Gasteiger partial charge in [-0.3, -0.25) is 4.99 Å². The fourth-order valence-corrected chi connectivity index (χ4v) is 2.09. The Bertz CT molecular complexity index is 644. The first-order valence-electron chi connectivity index (χ1n) is 7.63. The van der Waals surface area contributed by atoms with Gasteiger partial charge in [0.15, 0.2) is 5.96 Å². The number of rotatable bonds is 7. The summed E-state index contributed by atoms with van der Waals surface area (Å²) >= 11 is 0. The summed E-state index contributed by atoms with van der Waals surface area (Å²) in [5, 5.41) is 6.42. The first-order valence-corrected chi connectivity index (χ1v) is 7.63. The molecule has 0 heterocycles. The highest BCUT2D eigenvalue weighted by Crippen LogP contribution is 2.12. The molecule has 0 unspecified atom stereocenters. The molecule has 4 nitrogen and oxygen atoms in total. The van der Waals surface area contributed by atoms with E-state index in [1.54, 1.807) is 13.1 Å². The van der Waals surface area contributed by atoms with Crippen LogP contribution < -0.4 is 15.4 Å². The van der Waals surface area contributed by atoms with Crippen LogP contribution >= 0.6 is 24.0 Å². The molecule has 0 atom stereocenters. The second-order valence-electron chi connectivity index (χ2n) is 5.02. The molecule has 0 saturated heterocycles. The average molecular weight is 437 g/mol. The summed E-state index contributed by atoms with van der Waals surface area (Å²) in [4.78, 5) is 4.16. The Balaban J connectivity index is 0.00000288. The Morgan fingerprint density at radius 1 is 1.08 bits per heavy atom. The molecule has 5 heteroatoms. The molecule has 0 aromatic heterocycles. The molecule has 0 aliphatic rings. The number of guanidine groups is 1. The van der Waals surface area contributed by atoms with E-state index in [-0.39, 0.29) is 24.0 Å². The van der Waals surface area contributed by atoms with Crippen molar-refractivity contribution in [1.29, 1.82) is 0 Å². The van der Waals surface area contributed by atoms with Crippen LogP contribution in [0.25, 0.3) is 0 Å². The van der Waals surface area contributed by atoms with Crippen molar-refractivity contribution in [2.24, 2.45) is 4.99 Å². The van der Waals surface area contributed by atoms with Crippen LogP contribution in [0.3, 0.4) is 0 Å². The van der Waals surface area contributed by atoms with Crippen LogP contribution in [0.1, 0.15) is 11.1 Å². The number of benzene rings is 2. The van der Waals surface area contributed by atoms with Crippen molar-refractivity contribution in [2.45, 2.75) is 13.2 Å². The van der Waals surface area contributed by atoms with Gasteiger partial charge in [0.25, 0.3) is 0 Å². The molecular weight excluding hydrogens is 413 g/mol. The van der Waals surface area contributed by atoms with Gasteiger partial charge in [0.05, 0.1) is 0 Å². The van der Waals surface area contributed by atoms with Gasteiger partial charge in [-0.1, -0.05) is 48.5 Å². The Hall–Kier alpha value is -2.02. The smallest absolute Gasteiger partial charge is 0.191 e. The Kier molecular flexibility index (Phi) is 9.60. The number of aliphatic imine (C=N–C) groups is 1. The van der Waals surface area contributed by atoms with Crippen LogP contribution in [-0.2, 0) is 13.2 Å². The van der Waals surface area contributed by atoms with Gasteiger partial charge in [0.2, 0.25) is 0 Å². The Labute approximate surface area is 161 Å². The second-order valence-corrected chi connectivity index (χ2v) is 5.02. The van der Waals surface area contributed by atoms with Crippen LogP contribution in [0.5, 0.6) is 5.75 Å². The fourth-order valence-electron chi connectivity index (χ4n) is 2.09. The molecule has 128 valence electrons. The van der Waals surface area contributed by atoms with Gasteiger partial charge in [-0.05, 0) is 23.3 Å². The lowest BCUT2D eigenvalue weighted by molar-refractivity contribution is 0.306. The minimum absolute atomic E-state index is 0. The predicted octanol–water partition coefficient (Wildman–Crippen LogP) is 3.73. The molecule has 24 heavy (non-hydrogen) atoms. The topological polar surface area (TPSA) is 45.7 Å². The quantitative estimate of drug-likeness (QED) is 0.300. The average Bonchev–Trinajstić information content (AvgIpc) is 2.61. The molecule has 0 fully saturated rings. The maximum absolute atomic E-state index is 5.78. The van der Waals surface area contributed by atoms with Crippen LogP contribution in [0.15, 0.2) is 72.2 Å². The van der Waals surface area contributed by atoms with Crippen molar-refractivity contribution >= 4 is 29.9 Å². The zero-order valence-corrected chi connectivity index (χ0v) is 16.2. The maximum Gasteiger partial charge on any atom is 0.191 e. The highest BCUT2D eigenvalue weighted by atomic mass is 127. The summed E-state index contributed by atoms with van der Waals surface area (Å²) < 4.78 is 5.78. The van der Waals surface area contributed by atoms with E-state index in [0.29, 0.717) is 19.7 Å². The number of hydrogen-bond acceptors (Lipinski definition) is 2. The Morgan fingerprint density at radius 2 is 1.83 bits per heavy atom. The molecule has 0 radical (unpaired) electrons. The summed E-state index contributed by atoms with van der Waals surface area (Å²) in [6.45, 7) is 5.63. The number of para-hydroxylation sites is 1. The standard InChI is InChI=1S/C19H23N3O.HI/c1-3-12-21-19(20-2)22-14-16-8-7-9-17(13-16)15-23-18-10-5-4-6-11-18;/h3-11,13H,1,12,14-15H2,2H3,(H2,20,21,22);1H. The van der Waals surface area contributed by atoms with Crippen molar-refractivity contribution < 1.29 is 4.74 Å². The lowest BCUT2D eigenvalue weighted by Gasteiger charge is -2.11. The van der Waals surface area contributed by atoms with Gasteiger partial charge < -0.3 is 15.4 Å². The van der Waals surface area contributed by atoms with Crippen molar-refractivity contribution in [3.8, 4) is 5.75 Å². The largest absolute Gasteiger partial charge is 0.489 e. The normalized spacial score (nSPS) is 10.5. The molecule has 0 bridgehead atoms. The molecule has 2 aromatic carbocycles. The molecule has 0 spiro atoms. The van der Waals surface area contributed by atoms with Crippen molar-refractivity contribution in [3.05, 3.63) is 78.4 Å². The zero-order valence-electron chi connectivity index (χ0n) is 13.9. The molecule has 0 saturated carbocycles. The number of ether oxygens (including phenoxy) is 1. The van der Waals surface area contributed by atoms with Crippen LogP contribution in [-0.4, -0.2) is 19.6 Å². The van der Waals surface area contributed by atoms with E-state index in [1.807, 2.05) is 36.4 Å². The van der Waals surface area contributed by atoms with E-state index in [0.717, 1.165) is 17.3 Å². The molecule has 0 amide bonds. The number of nitrogens with one attached hydrogen (secondary N) is 2. The van der Waals surface area contributed by atoms with Crippen LogP contribution in [0.2, 0.25) is 0 Å². The van der Waals surface area contributed by atoms with Gasteiger partial charge in [-0.25, -0.2) is 0 Å². The second kappa shape index (κ2) is 11.5. The molecule has 2 N–H and O–H groups in total. The third kappa shape index (κ3) is 7.04. The minimum Gasteiger partial charge on any atom is -0.489 e. The lowest BCUT2D eigenvalue weighted by Crippen LogP contribution is -2.36. The molecular formula is C19H24IN3O. The summed E-state index contributed by atoms with van der Waals surface area (Å²) in [6, 6.07) is 18.2. The van der Waals surface area contributed by atoms with Gasteiger partial charge in [0, 0.05) is 20.1 Å². The third-order valence-corrected chi connectivity index (χ3v) is 3.24. The number of nitrogens with zero attached hydrogens (tertiary/aromatic N) is 1. The molecule has 0 aliphatic carbocycles. The highest BCUT2D eigenvalue weighted by molar-refractivity contribution is 14.0. The third-order valence-electron chi connectivity index (χ3n) is 3.24. The minimum atomic E-state index is 0. The van der Waals surface area contributed by atoms with Crippen LogP contribution in [0.4, 0.5) is 0 Å². The van der Waals surface area contributed by atoms with Crippen LogP contribution in [0, 0.1) is 0 Å². The molecule has 2 aromatic rings. The monoisotopic (exact) mass is 437 g/mol. The van der Waals surface area contributed by atoms with E-state index < -0.39 is 0 Å². The molecule has 0 aliphatic heterocycles.